The molecule has 1 aromatic carbocycles. The van der Waals surface area contributed by atoms with Crippen molar-refractivity contribution in [2.75, 3.05) is 5.75 Å². The number of aromatic carboxylic acids is 1. The number of β-lactam (4-membered cyclic amide) rings is 1. The number of carbonyl (C=O) groups excluding carboxylic acids is 3. The van der Waals surface area contributed by atoms with Gasteiger partial charge in [0.25, 0.3) is 0 Å². The molecule has 2 unspecified atom stereocenters. The summed E-state index contributed by atoms with van der Waals surface area (Å²) in [5.74, 6) is -1.81. The SMILES string of the molecule is O=C=C1CS[C@H]2C(NC(=O)Cc3cccc(C(=O)O)c3)C(=O)N2C1C(=O)O. The van der Waals surface area contributed by atoms with Crippen LogP contribution in [-0.2, 0) is 25.6 Å². The van der Waals surface area contributed by atoms with E-state index in [9.17, 15) is 29.1 Å². The van der Waals surface area contributed by atoms with Gasteiger partial charge in [-0.25, -0.2) is 14.4 Å². The lowest BCUT2D eigenvalue weighted by Gasteiger charge is -2.51. The molecule has 3 rings (SSSR count). The molecular weight excluding hydrogens is 376 g/mol. The summed E-state index contributed by atoms with van der Waals surface area (Å²) in [4.78, 5) is 58.9. The lowest BCUT2D eigenvalue weighted by molar-refractivity contribution is -0.160. The van der Waals surface area contributed by atoms with Crippen molar-refractivity contribution in [3.8, 4) is 0 Å². The van der Waals surface area contributed by atoms with Crippen LogP contribution >= 0.6 is 11.8 Å². The first kappa shape index (κ1) is 18.7. The average molecular weight is 390 g/mol. The number of hydrogen-bond acceptors (Lipinski definition) is 6. The molecule has 2 saturated heterocycles. The molecule has 2 heterocycles. The molecule has 0 aromatic heterocycles. The Morgan fingerprint density at radius 1 is 1.30 bits per heavy atom. The zero-order valence-corrected chi connectivity index (χ0v) is 14.6. The summed E-state index contributed by atoms with van der Waals surface area (Å²) in [6.45, 7) is 0. The van der Waals surface area contributed by atoms with E-state index >= 15 is 0 Å². The van der Waals surface area contributed by atoms with E-state index < -0.39 is 41.2 Å². The number of fused-ring (bicyclic) bond motifs is 1. The van der Waals surface area contributed by atoms with Crippen LogP contribution in [0.5, 0.6) is 0 Å². The van der Waals surface area contributed by atoms with E-state index in [4.69, 9.17) is 5.11 Å². The molecule has 10 heteroatoms. The number of thioether (sulfide) groups is 1. The standard InChI is InChI=1S/C17H14N2O7S/c20-6-10-7-27-15-12(14(22)19(15)13(10)17(25)26)18-11(21)5-8-2-1-3-9(4-8)16(23)24/h1-4,12-13,15H,5,7H2,(H,18,21)(H,23,24)(H,25,26)/t12?,13?,15-/m0/s1. The van der Waals surface area contributed by atoms with Gasteiger partial charge < -0.3 is 20.4 Å². The van der Waals surface area contributed by atoms with Crippen molar-refractivity contribution >= 4 is 41.5 Å². The summed E-state index contributed by atoms with van der Waals surface area (Å²) in [7, 11) is 0. The highest BCUT2D eigenvalue weighted by Gasteiger charge is 2.56. The average Bonchev–Trinajstić information content (AvgIpc) is 2.64. The fourth-order valence-electron chi connectivity index (χ4n) is 3.07. The molecule has 2 aliphatic rings. The molecular formula is C17H14N2O7S. The third-order valence-electron chi connectivity index (χ3n) is 4.32. The minimum absolute atomic E-state index is 0.0210. The molecule has 140 valence electrons. The van der Waals surface area contributed by atoms with Gasteiger partial charge in [0.1, 0.15) is 17.4 Å². The van der Waals surface area contributed by atoms with Gasteiger partial charge in [-0.05, 0) is 17.7 Å². The van der Waals surface area contributed by atoms with Gasteiger partial charge in [0.2, 0.25) is 11.8 Å². The van der Waals surface area contributed by atoms with Crippen LogP contribution in [0.1, 0.15) is 15.9 Å². The number of aliphatic carboxylic acids is 1. The molecule has 2 amide bonds. The van der Waals surface area contributed by atoms with Crippen molar-refractivity contribution in [3.05, 3.63) is 41.0 Å². The highest BCUT2D eigenvalue weighted by molar-refractivity contribution is 8.00. The van der Waals surface area contributed by atoms with Crippen LogP contribution in [0.25, 0.3) is 0 Å². The second-order valence-corrected chi connectivity index (χ2v) is 7.15. The van der Waals surface area contributed by atoms with Crippen LogP contribution in [0.2, 0.25) is 0 Å². The van der Waals surface area contributed by atoms with Gasteiger partial charge in [-0.1, -0.05) is 12.1 Å². The normalized spacial score (nSPS) is 23.7. The number of nitrogens with one attached hydrogen (secondary N) is 1. The minimum Gasteiger partial charge on any atom is -0.479 e. The Balaban J connectivity index is 1.67. The fraction of sp³-hybridized carbons (Fsp3) is 0.294. The monoisotopic (exact) mass is 390 g/mol. The number of carbonyl (C=O) groups is 4. The van der Waals surface area contributed by atoms with Crippen molar-refractivity contribution in [3.63, 3.8) is 0 Å². The largest absolute Gasteiger partial charge is 0.479 e. The Bertz CT molecular complexity index is 893. The smallest absolute Gasteiger partial charge is 0.335 e. The van der Waals surface area contributed by atoms with Crippen LogP contribution in [0.3, 0.4) is 0 Å². The van der Waals surface area contributed by atoms with Gasteiger partial charge in [0.15, 0.2) is 6.04 Å². The number of nitrogens with zero attached hydrogens (tertiary/aromatic N) is 1. The van der Waals surface area contributed by atoms with Gasteiger partial charge in [-0.15, -0.1) is 11.8 Å². The number of benzene rings is 1. The highest BCUT2D eigenvalue weighted by Crippen LogP contribution is 2.39. The summed E-state index contributed by atoms with van der Waals surface area (Å²) in [6, 6.07) is 3.64. The molecule has 9 nitrogen and oxygen atoms in total. The second kappa shape index (κ2) is 7.26. The van der Waals surface area contributed by atoms with Gasteiger partial charge in [0, 0.05) is 5.75 Å². The summed E-state index contributed by atoms with van der Waals surface area (Å²) >= 11 is 1.18. The van der Waals surface area contributed by atoms with Crippen molar-refractivity contribution in [1.29, 1.82) is 0 Å². The third-order valence-corrected chi connectivity index (χ3v) is 5.64. The molecule has 0 aliphatic carbocycles. The maximum absolute atomic E-state index is 12.3. The van der Waals surface area contributed by atoms with Crippen LogP contribution < -0.4 is 5.32 Å². The van der Waals surface area contributed by atoms with Crippen molar-refractivity contribution in [1.82, 2.24) is 10.2 Å². The molecule has 0 radical (unpaired) electrons. The van der Waals surface area contributed by atoms with E-state index in [1.807, 2.05) is 0 Å². The number of carboxylic acids is 2. The van der Waals surface area contributed by atoms with E-state index in [2.05, 4.69) is 5.32 Å². The molecule has 2 aliphatic heterocycles. The third kappa shape index (κ3) is 3.44. The molecule has 0 spiro atoms. The Labute approximate surface area is 157 Å². The van der Waals surface area contributed by atoms with E-state index in [1.54, 1.807) is 12.0 Å². The van der Waals surface area contributed by atoms with E-state index in [-0.39, 0.29) is 23.3 Å². The van der Waals surface area contributed by atoms with Crippen LogP contribution in [0.15, 0.2) is 29.8 Å². The van der Waals surface area contributed by atoms with E-state index in [0.29, 0.717) is 5.56 Å². The van der Waals surface area contributed by atoms with Crippen molar-refractivity contribution in [2.45, 2.75) is 23.9 Å². The maximum Gasteiger partial charge on any atom is 0.335 e. The van der Waals surface area contributed by atoms with Crippen LogP contribution in [-0.4, -0.2) is 68.0 Å². The Morgan fingerprint density at radius 3 is 2.67 bits per heavy atom. The number of carboxylic acid groups (broad SMARTS) is 2. The quantitative estimate of drug-likeness (QED) is 0.453. The highest BCUT2D eigenvalue weighted by atomic mass is 32.2. The molecule has 0 saturated carbocycles. The first-order valence-corrected chi connectivity index (χ1v) is 8.90. The van der Waals surface area contributed by atoms with Crippen molar-refractivity contribution < 1.29 is 34.2 Å². The fourth-order valence-corrected chi connectivity index (χ4v) is 4.40. The van der Waals surface area contributed by atoms with Crippen LogP contribution in [0.4, 0.5) is 0 Å². The lowest BCUT2D eigenvalue weighted by atomic mass is 9.98. The summed E-state index contributed by atoms with van der Waals surface area (Å²) in [5, 5.41) is 20.2. The number of amides is 2. The number of hydrogen-bond donors (Lipinski definition) is 3. The predicted octanol–water partition coefficient (Wildman–Crippen LogP) is -0.462. The molecule has 0 bridgehead atoms. The molecule has 27 heavy (non-hydrogen) atoms. The summed E-state index contributed by atoms with van der Waals surface area (Å²) in [5.41, 5.74) is 0.501. The van der Waals surface area contributed by atoms with E-state index in [0.717, 1.165) is 4.90 Å². The van der Waals surface area contributed by atoms with Crippen LogP contribution in [0, 0.1) is 0 Å². The summed E-state index contributed by atoms with van der Waals surface area (Å²) < 4.78 is 0. The number of rotatable bonds is 5. The molecule has 3 N–H and O–H groups in total. The Hall–Kier alpha value is -3.10. The van der Waals surface area contributed by atoms with Crippen molar-refractivity contribution in [2.24, 2.45) is 0 Å². The molecule has 1 aromatic rings. The molecule has 3 atom stereocenters. The zero-order valence-electron chi connectivity index (χ0n) is 13.7. The van der Waals surface area contributed by atoms with Gasteiger partial charge >= 0.3 is 11.9 Å². The first-order chi connectivity index (χ1) is 12.8. The Morgan fingerprint density at radius 2 is 2.04 bits per heavy atom. The predicted molar refractivity (Wildman–Crippen MR) is 92.8 cm³/mol. The zero-order chi connectivity index (χ0) is 19.7. The van der Waals surface area contributed by atoms with Gasteiger partial charge in [-0.3, -0.25) is 9.59 Å². The lowest BCUT2D eigenvalue weighted by Crippen LogP contribution is -2.74. The molecule has 2 fully saturated rings. The van der Waals surface area contributed by atoms with Gasteiger partial charge in [-0.2, -0.15) is 0 Å². The second-order valence-electron chi connectivity index (χ2n) is 6.04. The maximum atomic E-state index is 12.3. The first-order valence-electron chi connectivity index (χ1n) is 7.85. The van der Waals surface area contributed by atoms with Gasteiger partial charge in [0.05, 0.1) is 17.6 Å². The van der Waals surface area contributed by atoms with E-state index in [1.165, 1.54) is 30.0 Å². The Kier molecular flexibility index (Phi) is 5.02. The summed E-state index contributed by atoms with van der Waals surface area (Å²) in [6.07, 6.45) is -0.121. The topological polar surface area (TPSA) is 141 Å². The minimum atomic E-state index is -1.36.